The summed E-state index contributed by atoms with van der Waals surface area (Å²) >= 11 is 1.37. The first-order valence-electron chi connectivity index (χ1n) is 11.5. The molecule has 1 aromatic heterocycles. The average Bonchev–Trinajstić information content (AvgIpc) is 3.34. The highest BCUT2D eigenvalue weighted by Gasteiger charge is 2.16. The van der Waals surface area contributed by atoms with Crippen LogP contribution in [0.4, 0.5) is 15.8 Å². The molecule has 1 heterocycles. The van der Waals surface area contributed by atoms with Gasteiger partial charge in [-0.2, -0.15) is 0 Å². The molecule has 0 aliphatic heterocycles. The number of rotatable bonds is 7. The Balaban J connectivity index is 1.19. The van der Waals surface area contributed by atoms with Crippen LogP contribution in [0.1, 0.15) is 17.3 Å². The van der Waals surface area contributed by atoms with Crippen LogP contribution in [-0.4, -0.2) is 22.0 Å². The molecule has 0 radical (unpaired) electrons. The van der Waals surface area contributed by atoms with Crippen molar-refractivity contribution < 1.29 is 18.4 Å². The molecule has 0 aliphatic rings. The molecule has 0 bridgehead atoms. The van der Waals surface area contributed by atoms with Crippen LogP contribution in [-0.2, 0) is 4.79 Å². The molecular formula is C29H22FN3O3S. The van der Waals surface area contributed by atoms with E-state index in [0.29, 0.717) is 22.8 Å². The van der Waals surface area contributed by atoms with Crippen molar-refractivity contribution in [2.45, 2.75) is 17.1 Å². The molecule has 1 atom stereocenters. The van der Waals surface area contributed by atoms with Crippen LogP contribution in [0, 0.1) is 5.82 Å². The van der Waals surface area contributed by atoms with Crippen molar-refractivity contribution in [3.05, 3.63) is 108 Å². The van der Waals surface area contributed by atoms with Gasteiger partial charge in [-0.05, 0) is 85.8 Å². The van der Waals surface area contributed by atoms with Crippen molar-refractivity contribution in [3.63, 3.8) is 0 Å². The number of carbonyl (C=O) groups excluding carboxylic acids is 2. The zero-order valence-electron chi connectivity index (χ0n) is 19.8. The summed E-state index contributed by atoms with van der Waals surface area (Å²) in [7, 11) is 0. The zero-order valence-corrected chi connectivity index (χ0v) is 20.6. The minimum atomic E-state index is -0.402. The van der Waals surface area contributed by atoms with Crippen LogP contribution >= 0.6 is 11.8 Å². The summed E-state index contributed by atoms with van der Waals surface area (Å²) in [4.78, 5) is 30.5. The number of oxazole rings is 1. The minimum absolute atomic E-state index is 0.152. The Morgan fingerprint density at radius 2 is 1.62 bits per heavy atom. The molecule has 184 valence electrons. The number of nitrogens with one attached hydrogen (secondary N) is 2. The number of anilines is 2. The van der Waals surface area contributed by atoms with Crippen LogP contribution in [0.25, 0.3) is 22.6 Å². The molecule has 1 unspecified atom stereocenters. The van der Waals surface area contributed by atoms with Crippen molar-refractivity contribution in [3.8, 4) is 11.5 Å². The first kappa shape index (κ1) is 24.3. The van der Waals surface area contributed by atoms with Gasteiger partial charge in [0.1, 0.15) is 11.3 Å². The summed E-state index contributed by atoms with van der Waals surface area (Å²) in [6, 6.07) is 27.5. The number of benzene rings is 4. The van der Waals surface area contributed by atoms with Crippen LogP contribution in [0.15, 0.2) is 106 Å². The lowest BCUT2D eigenvalue weighted by Crippen LogP contribution is -2.22. The van der Waals surface area contributed by atoms with Gasteiger partial charge in [0.05, 0.1) is 5.25 Å². The van der Waals surface area contributed by atoms with Gasteiger partial charge in [-0.25, -0.2) is 9.37 Å². The molecule has 0 spiro atoms. The fourth-order valence-electron chi connectivity index (χ4n) is 3.65. The van der Waals surface area contributed by atoms with E-state index in [0.717, 1.165) is 21.6 Å². The van der Waals surface area contributed by atoms with Gasteiger partial charge < -0.3 is 15.1 Å². The minimum Gasteiger partial charge on any atom is -0.436 e. The molecule has 0 saturated carbocycles. The van der Waals surface area contributed by atoms with Crippen molar-refractivity contribution >= 4 is 46.1 Å². The van der Waals surface area contributed by atoms with Crippen LogP contribution in [0.5, 0.6) is 0 Å². The van der Waals surface area contributed by atoms with Gasteiger partial charge in [0, 0.05) is 27.4 Å². The summed E-state index contributed by atoms with van der Waals surface area (Å²) in [5.74, 6) is -0.370. The van der Waals surface area contributed by atoms with E-state index >= 15 is 0 Å². The number of nitrogens with zero attached hydrogens (tertiary/aromatic N) is 1. The number of hydrogen-bond donors (Lipinski definition) is 2. The Hall–Kier alpha value is -4.43. The molecule has 37 heavy (non-hydrogen) atoms. The maximum absolute atomic E-state index is 13.1. The van der Waals surface area contributed by atoms with Gasteiger partial charge in [0.15, 0.2) is 5.58 Å². The molecule has 6 nitrogen and oxygen atoms in total. The monoisotopic (exact) mass is 511 g/mol. The summed E-state index contributed by atoms with van der Waals surface area (Å²) in [5.41, 5.74) is 3.93. The highest BCUT2D eigenvalue weighted by Crippen LogP contribution is 2.28. The molecule has 5 rings (SSSR count). The highest BCUT2D eigenvalue weighted by atomic mass is 32.2. The predicted molar refractivity (Wildman–Crippen MR) is 144 cm³/mol. The van der Waals surface area contributed by atoms with Crippen molar-refractivity contribution in [2.24, 2.45) is 0 Å². The third-order valence-electron chi connectivity index (χ3n) is 5.57. The highest BCUT2D eigenvalue weighted by molar-refractivity contribution is 8.00. The van der Waals surface area contributed by atoms with Crippen molar-refractivity contribution in [1.82, 2.24) is 4.98 Å². The molecule has 0 saturated heterocycles. The molecule has 8 heteroatoms. The Morgan fingerprint density at radius 3 is 2.38 bits per heavy atom. The number of amides is 2. The van der Waals surface area contributed by atoms with E-state index in [4.69, 9.17) is 4.42 Å². The number of aromatic nitrogens is 1. The fourth-order valence-corrected chi connectivity index (χ4v) is 4.57. The Bertz CT molecular complexity index is 1530. The SMILES string of the molecule is CC(Sc1cccc(NC(=O)c2ccc(F)cc2)c1)C(=O)Nc1ccc(-c2nc3ccccc3o2)cc1. The molecule has 2 amide bonds. The van der Waals surface area contributed by atoms with Crippen molar-refractivity contribution in [1.29, 1.82) is 0 Å². The molecule has 0 aliphatic carbocycles. The van der Waals surface area contributed by atoms with Crippen LogP contribution < -0.4 is 10.6 Å². The number of thioether (sulfide) groups is 1. The second-order valence-electron chi connectivity index (χ2n) is 8.30. The summed E-state index contributed by atoms with van der Waals surface area (Å²) in [6.07, 6.45) is 0. The quantitative estimate of drug-likeness (QED) is 0.230. The maximum atomic E-state index is 13.1. The average molecular weight is 512 g/mol. The van der Waals surface area contributed by atoms with Crippen molar-refractivity contribution in [2.75, 3.05) is 10.6 Å². The van der Waals surface area contributed by atoms with Crippen LogP contribution in [0.2, 0.25) is 0 Å². The van der Waals surface area contributed by atoms with E-state index in [-0.39, 0.29) is 17.1 Å². The zero-order chi connectivity index (χ0) is 25.8. The lowest BCUT2D eigenvalue weighted by atomic mass is 10.2. The Kier molecular flexibility index (Phi) is 7.00. The fraction of sp³-hybridized carbons (Fsp3) is 0.0690. The number of hydrogen-bond acceptors (Lipinski definition) is 5. The van der Waals surface area contributed by atoms with Gasteiger partial charge in [0.2, 0.25) is 11.8 Å². The lowest BCUT2D eigenvalue weighted by Gasteiger charge is -2.13. The molecule has 0 fully saturated rings. The lowest BCUT2D eigenvalue weighted by molar-refractivity contribution is -0.115. The molecule has 5 aromatic rings. The van der Waals surface area contributed by atoms with Gasteiger partial charge in [-0.1, -0.05) is 18.2 Å². The Morgan fingerprint density at radius 1 is 0.865 bits per heavy atom. The smallest absolute Gasteiger partial charge is 0.255 e. The third-order valence-corrected chi connectivity index (χ3v) is 6.67. The third kappa shape index (κ3) is 5.87. The number of fused-ring (bicyclic) bond motifs is 1. The predicted octanol–water partition coefficient (Wildman–Crippen LogP) is 7.01. The van der Waals surface area contributed by atoms with E-state index in [1.807, 2.05) is 61.5 Å². The van der Waals surface area contributed by atoms with E-state index in [2.05, 4.69) is 15.6 Å². The summed E-state index contributed by atoms with van der Waals surface area (Å²) in [6.45, 7) is 1.82. The molecule has 2 N–H and O–H groups in total. The first-order chi connectivity index (χ1) is 17.9. The first-order valence-corrected chi connectivity index (χ1v) is 12.4. The van der Waals surface area contributed by atoms with E-state index in [1.165, 1.54) is 36.0 Å². The van der Waals surface area contributed by atoms with Gasteiger partial charge >= 0.3 is 0 Å². The molecular weight excluding hydrogens is 489 g/mol. The second-order valence-corrected chi connectivity index (χ2v) is 9.72. The summed E-state index contributed by atoms with van der Waals surface area (Å²) < 4.78 is 18.9. The second kappa shape index (κ2) is 10.7. The van der Waals surface area contributed by atoms with Crippen LogP contribution in [0.3, 0.4) is 0 Å². The Labute approximate surface area is 216 Å². The topological polar surface area (TPSA) is 84.2 Å². The van der Waals surface area contributed by atoms with E-state index in [1.54, 1.807) is 18.2 Å². The molecule has 4 aromatic carbocycles. The number of halogens is 1. The number of para-hydroxylation sites is 2. The van der Waals surface area contributed by atoms with Gasteiger partial charge in [-0.15, -0.1) is 11.8 Å². The van der Waals surface area contributed by atoms with Gasteiger partial charge in [0.25, 0.3) is 5.91 Å². The standard InChI is InChI=1S/C29H22FN3O3S/c1-18(37-24-6-4-5-23(17-24)32-28(35)19-9-13-21(30)14-10-19)27(34)31-22-15-11-20(12-16-22)29-33-25-7-2-3-8-26(25)36-29/h2-18H,1H3,(H,31,34)(H,32,35). The largest absolute Gasteiger partial charge is 0.436 e. The van der Waals surface area contributed by atoms with E-state index in [9.17, 15) is 14.0 Å². The summed E-state index contributed by atoms with van der Waals surface area (Å²) in [5, 5.41) is 5.34. The maximum Gasteiger partial charge on any atom is 0.255 e. The van der Waals surface area contributed by atoms with E-state index < -0.39 is 5.82 Å². The number of carbonyl (C=O) groups is 2. The normalized spacial score (nSPS) is 11.7. The van der Waals surface area contributed by atoms with Gasteiger partial charge in [-0.3, -0.25) is 9.59 Å².